The van der Waals surface area contributed by atoms with E-state index in [1.54, 1.807) is 7.11 Å². The minimum atomic E-state index is -0.325. The van der Waals surface area contributed by atoms with Crippen molar-refractivity contribution in [2.75, 3.05) is 7.11 Å². The summed E-state index contributed by atoms with van der Waals surface area (Å²) >= 11 is 6.50. The van der Waals surface area contributed by atoms with Crippen molar-refractivity contribution in [2.24, 2.45) is 0 Å². The highest BCUT2D eigenvalue weighted by molar-refractivity contribution is 6.36. The van der Waals surface area contributed by atoms with Crippen molar-refractivity contribution < 1.29 is 9.47 Å². The van der Waals surface area contributed by atoms with Gasteiger partial charge in [-0.05, 0) is 32.9 Å². The van der Waals surface area contributed by atoms with Gasteiger partial charge in [-0.3, -0.25) is 0 Å². The predicted molar refractivity (Wildman–Crippen MR) is 99.1 cm³/mol. The smallest absolute Gasteiger partial charge is 0.139 e. The Morgan fingerprint density at radius 1 is 0.958 bits per heavy atom. The molecule has 0 fully saturated rings. The van der Waals surface area contributed by atoms with E-state index in [9.17, 15) is 0 Å². The second-order valence-electron chi connectivity index (χ2n) is 6.56. The number of hydrogen-bond donors (Lipinski definition) is 0. The normalized spacial score (nSPS) is 11.5. The van der Waals surface area contributed by atoms with Crippen molar-refractivity contribution in [3.05, 3.63) is 53.6 Å². The van der Waals surface area contributed by atoms with Crippen LogP contribution in [0.1, 0.15) is 20.8 Å². The molecule has 0 saturated heterocycles. The number of benzene rings is 2. The highest BCUT2D eigenvalue weighted by Crippen LogP contribution is 2.39. The lowest BCUT2D eigenvalue weighted by Gasteiger charge is -2.23. The fourth-order valence-corrected chi connectivity index (χ4v) is 2.82. The van der Waals surface area contributed by atoms with Crippen LogP contribution in [0.5, 0.6) is 11.5 Å². The number of halogens is 1. The van der Waals surface area contributed by atoms with Gasteiger partial charge in [-0.1, -0.05) is 41.9 Å². The highest BCUT2D eigenvalue weighted by Gasteiger charge is 2.18. The molecule has 4 heteroatoms. The summed E-state index contributed by atoms with van der Waals surface area (Å²) in [6.45, 7) is 6.06. The molecule has 124 valence electrons. The summed E-state index contributed by atoms with van der Waals surface area (Å²) in [5.74, 6) is 1.36. The average molecular weight is 342 g/mol. The molecule has 0 saturated carbocycles. The first-order valence-electron chi connectivity index (χ1n) is 7.81. The SMILES string of the molecule is COc1ccc2c(OC(C)(C)C)cc(-c3ccccc3)nc2c1Cl. The summed E-state index contributed by atoms with van der Waals surface area (Å²) in [6, 6.07) is 15.7. The molecule has 3 rings (SSSR count). The number of methoxy groups -OCH3 is 1. The van der Waals surface area contributed by atoms with Crippen LogP contribution < -0.4 is 9.47 Å². The van der Waals surface area contributed by atoms with E-state index in [0.29, 0.717) is 16.3 Å². The van der Waals surface area contributed by atoms with E-state index in [2.05, 4.69) is 0 Å². The lowest BCUT2D eigenvalue weighted by Crippen LogP contribution is -2.23. The van der Waals surface area contributed by atoms with E-state index >= 15 is 0 Å². The van der Waals surface area contributed by atoms with Gasteiger partial charge in [0.15, 0.2) is 0 Å². The van der Waals surface area contributed by atoms with Crippen LogP contribution in [-0.2, 0) is 0 Å². The lowest BCUT2D eigenvalue weighted by atomic mass is 10.1. The van der Waals surface area contributed by atoms with Crippen LogP contribution in [-0.4, -0.2) is 17.7 Å². The van der Waals surface area contributed by atoms with Crippen molar-refractivity contribution >= 4 is 22.5 Å². The van der Waals surface area contributed by atoms with E-state index in [1.165, 1.54) is 0 Å². The summed E-state index contributed by atoms with van der Waals surface area (Å²) < 4.78 is 11.5. The van der Waals surface area contributed by atoms with Crippen molar-refractivity contribution in [2.45, 2.75) is 26.4 Å². The Bertz CT molecular complexity index is 870. The molecular formula is C20H20ClNO2. The molecule has 0 aliphatic heterocycles. The molecule has 0 aliphatic rings. The van der Waals surface area contributed by atoms with Gasteiger partial charge in [0.25, 0.3) is 0 Å². The number of nitrogens with zero attached hydrogens (tertiary/aromatic N) is 1. The minimum absolute atomic E-state index is 0.325. The fourth-order valence-electron chi connectivity index (χ4n) is 2.54. The first-order valence-corrected chi connectivity index (χ1v) is 8.18. The molecule has 0 amide bonds. The quantitative estimate of drug-likeness (QED) is 0.608. The van der Waals surface area contributed by atoms with Crippen LogP contribution >= 0.6 is 11.6 Å². The van der Waals surface area contributed by atoms with Crippen LogP contribution in [0.25, 0.3) is 22.2 Å². The molecule has 0 atom stereocenters. The molecule has 0 aliphatic carbocycles. The van der Waals surface area contributed by atoms with Gasteiger partial charge in [0.1, 0.15) is 22.1 Å². The van der Waals surface area contributed by atoms with Crippen LogP contribution in [0.2, 0.25) is 5.02 Å². The first-order chi connectivity index (χ1) is 11.4. The molecule has 0 N–H and O–H groups in total. The maximum Gasteiger partial charge on any atom is 0.139 e. The van der Waals surface area contributed by atoms with Crippen LogP contribution in [0.15, 0.2) is 48.5 Å². The molecule has 24 heavy (non-hydrogen) atoms. The Morgan fingerprint density at radius 3 is 2.29 bits per heavy atom. The Balaban J connectivity index is 2.29. The monoisotopic (exact) mass is 341 g/mol. The van der Waals surface area contributed by atoms with Crippen LogP contribution in [0, 0.1) is 0 Å². The van der Waals surface area contributed by atoms with Gasteiger partial charge < -0.3 is 9.47 Å². The number of ether oxygens (including phenoxy) is 2. The molecule has 0 spiro atoms. The summed E-state index contributed by atoms with van der Waals surface area (Å²) in [5.41, 5.74) is 2.18. The van der Waals surface area contributed by atoms with Gasteiger partial charge in [-0.25, -0.2) is 4.98 Å². The summed E-state index contributed by atoms with van der Waals surface area (Å²) in [4.78, 5) is 4.75. The summed E-state index contributed by atoms with van der Waals surface area (Å²) in [6.07, 6.45) is 0. The Hall–Kier alpha value is -2.26. The van der Waals surface area contributed by atoms with Gasteiger partial charge in [0.2, 0.25) is 0 Å². The summed E-state index contributed by atoms with van der Waals surface area (Å²) in [5, 5.41) is 1.36. The maximum atomic E-state index is 6.50. The molecule has 0 unspecified atom stereocenters. The van der Waals surface area contributed by atoms with E-state index in [4.69, 9.17) is 26.1 Å². The van der Waals surface area contributed by atoms with E-state index in [-0.39, 0.29) is 5.60 Å². The molecule has 0 radical (unpaired) electrons. The van der Waals surface area contributed by atoms with Crippen LogP contribution in [0.4, 0.5) is 0 Å². The molecule has 0 bridgehead atoms. The molecule has 3 nitrogen and oxygen atoms in total. The molecule has 3 aromatic rings. The Labute approximate surface area is 147 Å². The molecule has 2 aromatic carbocycles. The van der Waals surface area contributed by atoms with E-state index < -0.39 is 0 Å². The third-order valence-electron chi connectivity index (χ3n) is 3.55. The number of fused-ring (bicyclic) bond motifs is 1. The first kappa shape index (κ1) is 16.6. The number of pyridine rings is 1. The molecule has 1 aromatic heterocycles. The zero-order valence-electron chi connectivity index (χ0n) is 14.3. The van der Waals surface area contributed by atoms with Gasteiger partial charge >= 0.3 is 0 Å². The van der Waals surface area contributed by atoms with Crippen LogP contribution in [0.3, 0.4) is 0 Å². The van der Waals surface area contributed by atoms with Crippen molar-refractivity contribution in [3.8, 4) is 22.8 Å². The lowest BCUT2D eigenvalue weighted by molar-refractivity contribution is 0.133. The van der Waals surface area contributed by atoms with E-state index in [1.807, 2.05) is 69.3 Å². The van der Waals surface area contributed by atoms with Gasteiger partial charge in [0, 0.05) is 17.0 Å². The molecular weight excluding hydrogens is 322 g/mol. The van der Waals surface area contributed by atoms with Gasteiger partial charge in [0.05, 0.1) is 18.3 Å². The number of rotatable bonds is 3. The largest absolute Gasteiger partial charge is 0.495 e. The Kier molecular flexibility index (Phi) is 4.37. The van der Waals surface area contributed by atoms with Crippen molar-refractivity contribution in [1.29, 1.82) is 0 Å². The zero-order valence-corrected chi connectivity index (χ0v) is 15.0. The zero-order chi connectivity index (χ0) is 17.3. The van der Waals surface area contributed by atoms with Crippen molar-refractivity contribution in [3.63, 3.8) is 0 Å². The average Bonchev–Trinajstić information content (AvgIpc) is 2.55. The minimum Gasteiger partial charge on any atom is -0.495 e. The van der Waals surface area contributed by atoms with Gasteiger partial charge in [-0.2, -0.15) is 0 Å². The highest BCUT2D eigenvalue weighted by atomic mass is 35.5. The fraction of sp³-hybridized carbons (Fsp3) is 0.250. The Morgan fingerprint density at radius 2 is 1.67 bits per heavy atom. The topological polar surface area (TPSA) is 31.4 Å². The predicted octanol–water partition coefficient (Wildman–Crippen LogP) is 5.74. The third-order valence-corrected chi connectivity index (χ3v) is 3.92. The summed E-state index contributed by atoms with van der Waals surface area (Å²) in [7, 11) is 1.60. The second-order valence-corrected chi connectivity index (χ2v) is 6.94. The number of aromatic nitrogens is 1. The maximum absolute atomic E-state index is 6.50. The second kappa shape index (κ2) is 6.33. The standard InChI is InChI=1S/C20H20ClNO2/c1-20(2,3)24-17-12-15(13-8-6-5-7-9-13)22-19-14(17)10-11-16(23-4)18(19)21/h5-12H,1-4H3. The third kappa shape index (κ3) is 3.31. The van der Waals surface area contributed by atoms with Crippen molar-refractivity contribution in [1.82, 2.24) is 4.98 Å². The van der Waals surface area contributed by atoms with Gasteiger partial charge in [-0.15, -0.1) is 0 Å². The van der Waals surface area contributed by atoms with E-state index in [0.717, 1.165) is 22.4 Å². The number of hydrogen-bond acceptors (Lipinski definition) is 3. The molecule has 1 heterocycles.